The van der Waals surface area contributed by atoms with Gasteiger partial charge >= 0.3 is 6.18 Å². The van der Waals surface area contributed by atoms with Crippen LogP contribution in [-0.4, -0.2) is 16.1 Å². The molecule has 3 nitrogen and oxygen atoms in total. The van der Waals surface area contributed by atoms with Crippen molar-refractivity contribution >= 4 is 11.4 Å². The summed E-state index contributed by atoms with van der Waals surface area (Å²) in [4.78, 5) is 6.91. The van der Waals surface area contributed by atoms with E-state index in [1.165, 1.54) is 0 Å². The normalized spacial score (nSPS) is 11.3. The van der Waals surface area contributed by atoms with Crippen molar-refractivity contribution in [3.05, 3.63) is 24.7 Å². The lowest BCUT2D eigenvalue weighted by Gasteiger charge is -2.08. The van der Waals surface area contributed by atoms with E-state index in [9.17, 15) is 13.2 Å². The molecule has 13 heavy (non-hydrogen) atoms. The van der Waals surface area contributed by atoms with Gasteiger partial charge in [0, 0.05) is 0 Å². The van der Waals surface area contributed by atoms with Crippen LogP contribution in [-0.2, 0) is 0 Å². The number of nitrogens with zero attached hydrogens (tertiary/aromatic N) is 2. The van der Waals surface area contributed by atoms with Crippen LogP contribution in [0.15, 0.2) is 19.0 Å². The minimum atomic E-state index is -4.48. The highest BCUT2D eigenvalue weighted by atomic mass is 19.4. The number of nitrogen functional groups attached to an aromatic ring is 1. The Labute approximate surface area is 72.1 Å². The number of hydrogen-bond acceptors (Lipinski definition) is 3. The number of aromatic nitrogens is 2. The monoisotopic (exact) mass is 189 g/mol. The molecule has 70 valence electrons. The number of rotatable bonds is 1. The highest BCUT2D eigenvalue weighted by Gasteiger charge is 2.33. The molecule has 1 rings (SSSR count). The molecule has 0 bridgehead atoms. The first-order valence-corrected chi connectivity index (χ1v) is 3.25. The number of halogens is 3. The van der Waals surface area contributed by atoms with Gasteiger partial charge in [-0.1, -0.05) is 6.58 Å². The SMILES string of the molecule is C=C(c1cnc(N)cn1)C(F)(F)F. The van der Waals surface area contributed by atoms with E-state index >= 15 is 0 Å². The van der Waals surface area contributed by atoms with Crippen LogP contribution in [0, 0.1) is 0 Å². The lowest BCUT2D eigenvalue weighted by atomic mass is 10.2. The van der Waals surface area contributed by atoms with Gasteiger partial charge < -0.3 is 5.73 Å². The summed E-state index contributed by atoms with van der Waals surface area (Å²) in [6.45, 7) is 2.86. The Bertz CT molecular complexity index is 315. The van der Waals surface area contributed by atoms with Gasteiger partial charge in [-0.15, -0.1) is 0 Å². The minimum absolute atomic E-state index is 0.0683. The van der Waals surface area contributed by atoms with Gasteiger partial charge in [-0.2, -0.15) is 13.2 Å². The van der Waals surface area contributed by atoms with Crippen molar-refractivity contribution < 1.29 is 13.2 Å². The second kappa shape index (κ2) is 3.04. The Morgan fingerprint density at radius 3 is 2.31 bits per heavy atom. The second-order valence-electron chi connectivity index (χ2n) is 2.30. The Hall–Kier alpha value is -1.59. The molecular formula is C7H6F3N3. The van der Waals surface area contributed by atoms with Gasteiger partial charge in [-0.3, -0.25) is 4.98 Å². The lowest BCUT2D eigenvalue weighted by Crippen LogP contribution is -2.11. The quantitative estimate of drug-likeness (QED) is 0.730. The molecule has 2 N–H and O–H groups in total. The highest BCUT2D eigenvalue weighted by Crippen LogP contribution is 2.30. The van der Waals surface area contributed by atoms with Gasteiger partial charge in [-0.05, 0) is 0 Å². The van der Waals surface area contributed by atoms with Gasteiger partial charge in [-0.25, -0.2) is 4.98 Å². The summed E-state index contributed by atoms with van der Waals surface area (Å²) >= 11 is 0. The number of anilines is 1. The van der Waals surface area contributed by atoms with Crippen LogP contribution in [0.25, 0.3) is 5.57 Å². The van der Waals surface area contributed by atoms with Crippen LogP contribution in [0.1, 0.15) is 5.69 Å². The van der Waals surface area contributed by atoms with E-state index in [0.29, 0.717) is 0 Å². The summed E-state index contributed by atoms with van der Waals surface area (Å²) in [6, 6.07) is 0. The molecule has 0 spiro atoms. The van der Waals surface area contributed by atoms with Crippen LogP contribution < -0.4 is 5.73 Å². The van der Waals surface area contributed by atoms with Gasteiger partial charge in [0.15, 0.2) is 0 Å². The van der Waals surface area contributed by atoms with Gasteiger partial charge in [0.1, 0.15) is 5.82 Å². The standard InChI is InChI=1S/C7H6F3N3/c1-4(7(8,9)10)5-2-13-6(11)3-12-5/h2-3H,1H2,(H2,11,13). The zero-order valence-corrected chi connectivity index (χ0v) is 6.47. The van der Waals surface area contributed by atoms with Gasteiger partial charge in [0.05, 0.1) is 23.7 Å². The Morgan fingerprint density at radius 1 is 1.31 bits per heavy atom. The van der Waals surface area contributed by atoms with E-state index in [2.05, 4.69) is 16.5 Å². The fraction of sp³-hybridized carbons (Fsp3) is 0.143. The molecule has 0 aliphatic heterocycles. The van der Waals surface area contributed by atoms with Crippen molar-refractivity contribution in [2.75, 3.05) is 5.73 Å². The predicted molar refractivity (Wildman–Crippen MR) is 41.5 cm³/mol. The molecule has 1 aromatic rings. The van der Waals surface area contributed by atoms with Crippen LogP contribution in [0.5, 0.6) is 0 Å². The average Bonchev–Trinajstić information content (AvgIpc) is 2.03. The fourth-order valence-electron chi connectivity index (χ4n) is 0.639. The smallest absolute Gasteiger partial charge is 0.382 e. The molecule has 0 fully saturated rings. The lowest BCUT2D eigenvalue weighted by molar-refractivity contribution is -0.0689. The van der Waals surface area contributed by atoms with E-state index in [1.54, 1.807) is 0 Å². The van der Waals surface area contributed by atoms with Crippen LogP contribution in [0.4, 0.5) is 19.0 Å². The predicted octanol–water partition coefficient (Wildman–Crippen LogP) is 1.63. The molecule has 0 atom stereocenters. The maximum Gasteiger partial charge on any atom is 0.417 e. The molecule has 0 aliphatic carbocycles. The summed E-state index contributed by atoms with van der Waals surface area (Å²) in [5.74, 6) is 0.0683. The average molecular weight is 189 g/mol. The highest BCUT2D eigenvalue weighted by molar-refractivity contribution is 5.63. The number of hydrogen-bond donors (Lipinski definition) is 1. The topological polar surface area (TPSA) is 51.8 Å². The summed E-state index contributed by atoms with van der Waals surface area (Å²) in [5, 5.41) is 0. The molecule has 6 heteroatoms. The van der Waals surface area contributed by atoms with E-state index < -0.39 is 11.7 Å². The minimum Gasteiger partial charge on any atom is -0.382 e. The van der Waals surface area contributed by atoms with Crippen LogP contribution in [0.3, 0.4) is 0 Å². The summed E-state index contributed by atoms with van der Waals surface area (Å²) < 4.78 is 36.1. The summed E-state index contributed by atoms with van der Waals surface area (Å²) in [5.41, 5.74) is 3.81. The zero-order chi connectivity index (χ0) is 10.1. The second-order valence-corrected chi connectivity index (χ2v) is 2.30. The first-order valence-electron chi connectivity index (χ1n) is 3.25. The molecule has 0 aromatic carbocycles. The Kier molecular flexibility index (Phi) is 2.22. The maximum atomic E-state index is 12.0. The van der Waals surface area contributed by atoms with Crippen molar-refractivity contribution in [1.29, 1.82) is 0 Å². The number of allylic oxidation sites excluding steroid dienone is 1. The first kappa shape index (κ1) is 9.50. The number of nitrogens with two attached hydrogens (primary N) is 1. The van der Waals surface area contributed by atoms with Crippen molar-refractivity contribution in [2.24, 2.45) is 0 Å². The first-order chi connectivity index (χ1) is 5.91. The molecule has 0 unspecified atom stereocenters. The van der Waals surface area contributed by atoms with Crippen molar-refractivity contribution in [3.63, 3.8) is 0 Å². The van der Waals surface area contributed by atoms with E-state index in [0.717, 1.165) is 12.4 Å². The summed E-state index contributed by atoms with van der Waals surface area (Å²) in [6.07, 6.45) is -2.50. The molecule has 0 amide bonds. The van der Waals surface area contributed by atoms with Crippen LogP contribution >= 0.6 is 0 Å². The third kappa shape index (κ3) is 2.17. The maximum absolute atomic E-state index is 12.0. The van der Waals surface area contributed by atoms with Crippen molar-refractivity contribution in [1.82, 2.24) is 9.97 Å². The van der Waals surface area contributed by atoms with Crippen molar-refractivity contribution in [3.8, 4) is 0 Å². The zero-order valence-electron chi connectivity index (χ0n) is 6.47. The molecule has 0 radical (unpaired) electrons. The summed E-state index contributed by atoms with van der Waals surface area (Å²) in [7, 11) is 0. The molecule has 0 saturated carbocycles. The van der Waals surface area contributed by atoms with E-state index in [-0.39, 0.29) is 11.5 Å². The Balaban J connectivity index is 2.97. The third-order valence-corrected chi connectivity index (χ3v) is 1.32. The van der Waals surface area contributed by atoms with E-state index in [1.807, 2.05) is 0 Å². The largest absolute Gasteiger partial charge is 0.417 e. The number of alkyl halides is 3. The molecule has 0 aliphatic rings. The molecular weight excluding hydrogens is 183 g/mol. The van der Waals surface area contributed by atoms with Gasteiger partial charge in [0.2, 0.25) is 0 Å². The molecule has 0 saturated heterocycles. The Morgan fingerprint density at radius 2 is 1.92 bits per heavy atom. The third-order valence-electron chi connectivity index (χ3n) is 1.32. The van der Waals surface area contributed by atoms with Gasteiger partial charge in [0.25, 0.3) is 0 Å². The molecule has 1 aromatic heterocycles. The van der Waals surface area contributed by atoms with Crippen molar-refractivity contribution in [2.45, 2.75) is 6.18 Å². The van der Waals surface area contributed by atoms with Crippen LogP contribution in [0.2, 0.25) is 0 Å². The fourth-order valence-corrected chi connectivity index (χ4v) is 0.639. The molecule has 1 heterocycles. The van der Waals surface area contributed by atoms with E-state index in [4.69, 9.17) is 5.73 Å².